The van der Waals surface area contributed by atoms with Gasteiger partial charge in [-0.1, -0.05) is 63.1 Å². The van der Waals surface area contributed by atoms with Crippen LogP contribution in [0, 0.1) is 0 Å². The lowest BCUT2D eigenvalue weighted by Crippen LogP contribution is -2.18. The van der Waals surface area contributed by atoms with Gasteiger partial charge in [0.2, 0.25) is 11.7 Å². The first-order valence-corrected chi connectivity index (χ1v) is 12.2. The number of thioether (sulfide) groups is 1. The summed E-state index contributed by atoms with van der Waals surface area (Å²) in [6, 6.07) is 10.4. The van der Waals surface area contributed by atoms with Crippen molar-refractivity contribution in [1.29, 1.82) is 0 Å². The number of nitrogens with zero attached hydrogens (tertiary/aromatic N) is 3. The molecule has 1 aliphatic carbocycles. The van der Waals surface area contributed by atoms with E-state index in [-0.39, 0.29) is 5.91 Å². The fraction of sp³-hybridized carbons (Fsp3) is 0.458. The highest BCUT2D eigenvalue weighted by molar-refractivity contribution is 7.99. The van der Waals surface area contributed by atoms with Gasteiger partial charge in [-0.05, 0) is 48.9 Å². The van der Waals surface area contributed by atoms with E-state index in [2.05, 4.69) is 52.1 Å². The van der Waals surface area contributed by atoms with E-state index in [0.717, 1.165) is 48.1 Å². The number of amides is 1. The van der Waals surface area contributed by atoms with Crippen molar-refractivity contribution >= 4 is 23.4 Å². The summed E-state index contributed by atoms with van der Waals surface area (Å²) in [7, 11) is 0. The van der Waals surface area contributed by atoms with Crippen LogP contribution in [-0.2, 0) is 17.6 Å². The van der Waals surface area contributed by atoms with E-state index in [9.17, 15) is 4.79 Å². The van der Waals surface area contributed by atoms with Crippen LogP contribution in [0.1, 0.15) is 63.1 Å². The maximum Gasteiger partial charge on any atom is 0.234 e. The molecule has 6 nitrogen and oxygen atoms in total. The molecule has 1 saturated carbocycles. The van der Waals surface area contributed by atoms with E-state index in [1.54, 1.807) is 6.26 Å². The number of benzene rings is 1. The van der Waals surface area contributed by atoms with Crippen molar-refractivity contribution in [3.05, 3.63) is 47.7 Å². The predicted molar refractivity (Wildman–Crippen MR) is 124 cm³/mol. The molecule has 0 saturated heterocycles. The van der Waals surface area contributed by atoms with E-state index in [0.29, 0.717) is 11.8 Å². The lowest BCUT2D eigenvalue weighted by atomic mass is 9.95. The van der Waals surface area contributed by atoms with Gasteiger partial charge < -0.3 is 9.73 Å². The largest absolute Gasteiger partial charge is 0.461 e. The molecule has 0 unspecified atom stereocenters. The Bertz CT molecular complexity index is 985. The maximum atomic E-state index is 12.8. The van der Waals surface area contributed by atoms with Crippen molar-refractivity contribution in [1.82, 2.24) is 14.8 Å². The van der Waals surface area contributed by atoms with Gasteiger partial charge in [0.15, 0.2) is 10.9 Å². The fourth-order valence-corrected chi connectivity index (χ4v) is 5.13. The quantitative estimate of drug-likeness (QED) is 0.443. The minimum absolute atomic E-state index is 0.0154. The van der Waals surface area contributed by atoms with Gasteiger partial charge in [-0.3, -0.25) is 9.36 Å². The van der Waals surface area contributed by atoms with E-state index >= 15 is 0 Å². The number of hydrogen-bond donors (Lipinski definition) is 1. The number of aromatic nitrogens is 3. The highest BCUT2D eigenvalue weighted by atomic mass is 32.2. The Labute approximate surface area is 187 Å². The fourth-order valence-electron chi connectivity index (χ4n) is 4.33. The minimum Gasteiger partial charge on any atom is -0.461 e. The molecule has 7 heteroatoms. The molecule has 1 amide bonds. The summed E-state index contributed by atoms with van der Waals surface area (Å²) < 4.78 is 7.80. The van der Waals surface area contributed by atoms with Crippen molar-refractivity contribution in [2.24, 2.45) is 0 Å². The van der Waals surface area contributed by atoms with Crippen molar-refractivity contribution in [3.63, 3.8) is 0 Å². The SMILES string of the molecule is CCc1cccc(CC)c1NC(=O)CSc1nnc(-c2ccco2)n1C1CCCCC1. The molecule has 1 aliphatic rings. The van der Waals surface area contributed by atoms with Crippen LogP contribution < -0.4 is 5.32 Å². The Balaban J connectivity index is 1.52. The van der Waals surface area contributed by atoms with E-state index < -0.39 is 0 Å². The molecule has 2 aromatic heterocycles. The van der Waals surface area contributed by atoms with E-state index in [1.165, 1.54) is 42.2 Å². The maximum absolute atomic E-state index is 12.8. The van der Waals surface area contributed by atoms with Gasteiger partial charge in [-0.2, -0.15) is 0 Å². The molecule has 0 aliphatic heterocycles. The standard InChI is InChI=1S/C24H30N4O2S/c1-3-17-10-8-11-18(4-2)22(17)25-21(29)16-31-24-27-26-23(20-14-9-15-30-20)28(24)19-12-6-5-7-13-19/h8-11,14-15,19H,3-7,12-13,16H2,1-2H3,(H,25,29). The van der Waals surface area contributed by atoms with Crippen LogP contribution in [0.15, 0.2) is 46.2 Å². The van der Waals surface area contributed by atoms with Crippen molar-refractivity contribution < 1.29 is 9.21 Å². The zero-order chi connectivity index (χ0) is 21.6. The van der Waals surface area contributed by atoms with Gasteiger partial charge in [0, 0.05) is 11.7 Å². The number of rotatable bonds is 8. The minimum atomic E-state index is -0.0154. The lowest BCUT2D eigenvalue weighted by Gasteiger charge is -2.25. The zero-order valence-electron chi connectivity index (χ0n) is 18.3. The van der Waals surface area contributed by atoms with E-state index in [4.69, 9.17) is 4.42 Å². The third kappa shape index (κ3) is 4.87. The highest BCUT2D eigenvalue weighted by Crippen LogP contribution is 2.35. The Morgan fingerprint density at radius 1 is 1.10 bits per heavy atom. The first-order chi connectivity index (χ1) is 15.2. The van der Waals surface area contributed by atoms with Gasteiger partial charge in [0.05, 0.1) is 12.0 Å². The van der Waals surface area contributed by atoms with Gasteiger partial charge in [-0.25, -0.2) is 0 Å². The van der Waals surface area contributed by atoms with Crippen molar-refractivity contribution in [2.45, 2.75) is 70.0 Å². The average molecular weight is 439 g/mol. The van der Waals surface area contributed by atoms with Crippen LogP contribution in [0.4, 0.5) is 5.69 Å². The topological polar surface area (TPSA) is 73.0 Å². The Morgan fingerprint density at radius 3 is 2.48 bits per heavy atom. The monoisotopic (exact) mass is 438 g/mol. The molecule has 2 heterocycles. The normalized spacial score (nSPS) is 14.6. The van der Waals surface area contributed by atoms with Gasteiger partial charge in [0.1, 0.15) is 0 Å². The molecule has 1 fully saturated rings. The number of carbonyl (C=O) groups is 1. The molecule has 1 N–H and O–H groups in total. The van der Waals surface area contributed by atoms with Crippen LogP contribution in [0.5, 0.6) is 0 Å². The molecule has 3 aromatic rings. The van der Waals surface area contributed by atoms with Gasteiger partial charge in [-0.15, -0.1) is 10.2 Å². The second-order valence-electron chi connectivity index (χ2n) is 7.94. The van der Waals surface area contributed by atoms with Crippen LogP contribution in [0.3, 0.4) is 0 Å². The first kappa shape index (κ1) is 21.7. The van der Waals surface area contributed by atoms with Crippen molar-refractivity contribution in [2.75, 3.05) is 11.1 Å². The molecular formula is C24H30N4O2S. The molecule has 4 rings (SSSR count). The van der Waals surface area contributed by atoms with Crippen LogP contribution in [0.2, 0.25) is 0 Å². The Hall–Kier alpha value is -2.54. The third-order valence-corrected chi connectivity index (χ3v) is 6.88. The molecule has 0 atom stereocenters. The summed E-state index contributed by atoms with van der Waals surface area (Å²) in [5, 5.41) is 12.8. The number of hydrogen-bond acceptors (Lipinski definition) is 5. The molecule has 0 bridgehead atoms. The third-order valence-electron chi connectivity index (χ3n) is 5.94. The second-order valence-corrected chi connectivity index (χ2v) is 8.88. The smallest absolute Gasteiger partial charge is 0.234 e. The zero-order valence-corrected chi connectivity index (χ0v) is 19.1. The summed E-state index contributed by atoms with van der Waals surface area (Å²) in [4.78, 5) is 12.8. The number of anilines is 1. The Morgan fingerprint density at radius 2 is 1.84 bits per heavy atom. The highest BCUT2D eigenvalue weighted by Gasteiger charge is 2.25. The lowest BCUT2D eigenvalue weighted by molar-refractivity contribution is -0.113. The van der Waals surface area contributed by atoms with Gasteiger partial charge in [0.25, 0.3) is 0 Å². The predicted octanol–water partition coefficient (Wildman–Crippen LogP) is 5.90. The summed E-state index contributed by atoms with van der Waals surface area (Å²) in [6.45, 7) is 4.23. The number of carbonyl (C=O) groups excluding carboxylic acids is 1. The van der Waals surface area contributed by atoms with E-state index in [1.807, 2.05) is 12.1 Å². The molecule has 1 aromatic carbocycles. The molecule has 0 spiro atoms. The van der Waals surface area contributed by atoms with Gasteiger partial charge >= 0.3 is 0 Å². The summed E-state index contributed by atoms with van der Waals surface area (Å²) in [5.41, 5.74) is 3.30. The number of para-hydroxylation sites is 1. The Kier molecular flexibility index (Phi) is 7.12. The molecule has 31 heavy (non-hydrogen) atoms. The summed E-state index contributed by atoms with van der Waals surface area (Å²) in [5.74, 6) is 1.76. The van der Waals surface area contributed by atoms with Crippen LogP contribution in [0.25, 0.3) is 11.6 Å². The molecule has 164 valence electrons. The first-order valence-electron chi connectivity index (χ1n) is 11.2. The number of nitrogens with one attached hydrogen (secondary N) is 1. The average Bonchev–Trinajstić information content (AvgIpc) is 3.48. The molecular weight excluding hydrogens is 408 g/mol. The number of furan rings is 1. The summed E-state index contributed by atoms with van der Waals surface area (Å²) >= 11 is 1.45. The van der Waals surface area contributed by atoms with Crippen molar-refractivity contribution in [3.8, 4) is 11.6 Å². The number of aryl methyl sites for hydroxylation is 2. The summed E-state index contributed by atoms with van der Waals surface area (Å²) in [6.07, 6.45) is 9.34. The van der Waals surface area contributed by atoms with Crippen LogP contribution >= 0.6 is 11.8 Å². The van der Waals surface area contributed by atoms with Crippen LogP contribution in [-0.4, -0.2) is 26.4 Å². The second kappa shape index (κ2) is 10.2. The molecule has 0 radical (unpaired) electrons.